The molecular formula is C15H20N4O2S. The molecule has 1 aromatic rings. The number of carbonyl (C=O) groups excluding carboxylic acids is 1. The molecule has 0 aromatic carbocycles. The fourth-order valence-electron chi connectivity index (χ4n) is 3.19. The van der Waals surface area contributed by atoms with Crippen molar-refractivity contribution < 1.29 is 4.79 Å². The van der Waals surface area contributed by atoms with Gasteiger partial charge in [0.2, 0.25) is 5.91 Å². The first kappa shape index (κ1) is 14.1. The average Bonchev–Trinajstić information content (AvgIpc) is 3.10. The van der Waals surface area contributed by atoms with E-state index >= 15 is 0 Å². The number of rotatable bonds is 3. The van der Waals surface area contributed by atoms with Crippen LogP contribution in [0.5, 0.6) is 0 Å². The second-order valence-corrected chi connectivity index (χ2v) is 7.33. The Morgan fingerprint density at radius 2 is 2.05 bits per heavy atom. The maximum Gasteiger partial charge on any atom is 0.343 e. The molecule has 0 spiro atoms. The molecule has 3 heterocycles. The summed E-state index contributed by atoms with van der Waals surface area (Å²) >= 11 is 1.79. The lowest BCUT2D eigenvalue weighted by molar-refractivity contribution is -0.128. The van der Waals surface area contributed by atoms with E-state index in [4.69, 9.17) is 0 Å². The van der Waals surface area contributed by atoms with Gasteiger partial charge in [0, 0.05) is 36.1 Å². The molecule has 0 radical (unpaired) electrons. The van der Waals surface area contributed by atoms with E-state index in [0.717, 1.165) is 48.6 Å². The van der Waals surface area contributed by atoms with Gasteiger partial charge in [-0.25, -0.2) is 9.48 Å². The van der Waals surface area contributed by atoms with E-state index < -0.39 is 0 Å². The van der Waals surface area contributed by atoms with Crippen molar-refractivity contribution in [2.75, 3.05) is 24.6 Å². The fourth-order valence-corrected chi connectivity index (χ4v) is 4.09. The zero-order chi connectivity index (χ0) is 15.1. The summed E-state index contributed by atoms with van der Waals surface area (Å²) in [5.74, 6) is 3.27. The van der Waals surface area contributed by atoms with Crippen LogP contribution in [0.25, 0.3) is 0 Å². The van der Waals surface area contributed by atoms with Crippen LogP contribution in [-0.4, -0.2) is 50.2 Å². The van der Waals surface area contributed by atoms with Crippen LogP contribution in [0.1, 0.15) is 43.5 Å². The third kappa shape index (κ3) is 2.62. The van der Waals surface area contributed by atoms with E-state index in [-0.39, 0.29) is 17.6 Å². The van der Waals surface area contributed by atoms with Crippen LogP contribution in [0.2, 0.25) is 0 Å². The molecule has 1 amide bonds. The number of thioether (sulfide) groups is 1. The number of aromatic amines is 1. The van der Waals surface area contributed by atoms with Crippen LogP contribution in [-0.2, 0) is 4.79 Å². The first-order valence-corrected chi connectivity index (χ1v) is 9.12. The van der Waals surface area contributed by atoms with Crippen molar-refractivity contribution in [3.63, 3.8) is 0 Å². The monoisotopic (exact) mass is 320 g/mol. The summed E-state index contributed by atoms with van der Waals surface area (Å²) in [7, 11) is 0. The molecule has 118 valence electrons. The van der Waals surface area contributed by atoms with Crippen LogP contribution in [0.3, 0.4) is 0 Å². The van der Waals surface area contributed by atoms with E-state index in [2.05, 4.69) is 10.1 Å². The predicted molar refractivity (Wildman–Crippen MR) is 85.1 cm³/mol. The van der Waals surface area contributed by atoms with Gasteiger partial charge in [0.15, 0.2) is 0 Å². The lowest BCUT2D eigenvalue weighted by Gasteiger charge is -2.31. The molecule has 1 aliphatic carbocycles. The van der Waals surface area contributed by atoms with Gasteiger partial charge in [-0.2, -0.15) is 16.9 Å². The standard InChI is InChI=1S/C15H20N4O2S/c20-14(11-5-8-22-9-11)18-6-3-12(4-7-18)19-15(21)16-13(17-19)10-1-2-10/h5,10,12H,1-4,6-9H2,(H,16,17,21). The van der Waals surface area contributed by atoms with Crippen molar-refractivity contribution in [2.45, 2.75) is 37.6 Å². The maximum atomic E-state index is 12.4. The molecule has 4 rings (SSSR count). The Balaban J connectivity index is 1.41. The number of aromatic nitrogens is 3. The first-order chi connectivity index (χ1) is 10.7. The molecule has 1 aromatic heterocycles. The van der Waals surface area contributed by atoms with Gasteiger partial charge in [-0.3, -0.25) is 9.78 Å². The van der Waals surface area contributed by atoms with Gasteiger partial charge in [0.25, 0.3) is 0 Å². The normalized spacial score (nSPS) is 22.9. The molecule has 1 saturated carbocycles. The quantitative estimate of drug-likeness (QED) is 0.911. The number of nitrogens with one attached hydrogen (secondary N) is 1. The molecular weight excluding hydrogens is 300 g/mol. The average molecular weight is 320 g/mol. The topological polar surface area (TPSA) is 71.0 Å². The molecule has 0 bridgehead atoms. The summed E-state index contributed by atoms with van der Waals surface area (Å²) in [6.45, 7) is 1.42. The van der Waals surface area contributed by atoms with Gasteiger partial charge >= 0.3 is 5.69 Å². The molecule has 22 heavy (non-hydrogen) atoms. The van der Waals surface area contributed by atoms with Crippen molar-refractivity contribution in [3.05, 3.63) is 28.0 Å². The van der Waals surface area contributed by atoms with Crippen LogP contribution < -0.4 is 5.69 Å². The lowest BCUT2D eigenvalue weighted by Crippen LogP contribution is -2.41. The number of amides is 1. The van der Waals surface area contributed by atoms with E-state index in [1.807, 2.05) is 11.0 Å². The van der Waals surface area contributed by atoms with Crippen molar-refractivity contribution in [1.82, 2.24) is 19.7 Å². The summed E-state index contributed by atoms with van der Waals surface area (Å²) in [5, 5.41) is 4.47. The van der Waals surface area contributed by atoms with Gasteiger partial charge in [-0.15, -0.1) is 0 Å². The third-order valence-corrected chi connectivity index (χ3v) is 5.62. The Kier molecular flexibility index (Phi) is 3.60. The number of H-pyrrole nitrogens is 1. The summed E-state index contributed by atoms with van der Waals surface area (Å²) < 4.78 is 1.61. The van der Waals surface area contributed by atoms with Crippen molar-refractivity contribution >= 4 is 17.7 Å². The SMILES string of the molecule is O=C(C1=CCSC1)N1CCC(n2nc(C3CC3)[nH]c2=O)CC1. The molecule has 7 heteroatoms. The van der Waals surface area contributed by atoms with Crippen molar-refractivity contribution in [2.24, 2.45) is 0 Å². The summed E-state index contributed by atoms with van der Waals surface area (Å²) in [6, 6.07) is 0.118. The number of hydrogen-bond donors (Lipinski definition) is 1. The Bertz CT molecular complexity index is 665. The zero-order valence-corrected chi connectivity index (χ0v) is 13.3. The highest BCUT2D eigenvalue weighted by molar-refractivity contribution is 7.99. The smallest absolute Gasteiger partial charge is 0.339 e. The fraction of sp³-hybridized carbons (Fsp3) is 0.667. The highest BCUT2D eigenvalue weighted by atomic mass is 32.2. The van der Waals surface area contributed by atoms with Gasteiger partial charge in [-0.05, 0) is 25.7 Å². The summed E-state index contributed by atoms with van der Waals surface area (Å²) in [5.41, 5.74) is 0.845. The number of nitrogens with zero attached hydrogens (tertiary/aromatic N) is 3. The van der Waals surface area contributed by atoms with Crippen LogP contribution in [0, 0.1) is 0 Å². The van der Waals surface area contributed by atoms with Gasteiger partial charge in [0.1, 0.15) is 5.82 Å². The van der Waals surface area contributed by atoms with Crippen LogP contribution >= 0.6 is 11.8 Å². The number of likely N-dealkylation sites (tertiary alicyclic amines) is 1. The van der Waals surface area contributed by atoms with Gasteiger partial charge < -0.3 is 4.90 Å². The number of hydrogen-bond acceptors (Lipinski definition) is 4. The number of piperidine rings is 1. The molecule has 1 N–H and O–H groups in total. The summed E-state index contributed by atoms with van der Waals surface area (Å²) in [6.07, 6.45) is 5.92. The van der Waals surface area contributed by atoms with E-state index in [9.17, 15) is 9.59 Å². The van der Waals surface area contributed by atoms with E-state index in [1.54, 1.807) is 16.4 Å². The minimum atomic E-state index is -0.0958. The molecule has 2 aliphatic heterocycles. The second kappa shape index (κ2) is 5.61. The minimum Gasteiger partial charge on any atom is -0.339 e. The Hall–Kier alpha value is -1.50. The van der Waals surface area contributed by atoms with Crippen molar-refractivity contribution in [3.8, 4) is 0 Å². The Morgan fingerprint density at radius 1 is 1.27 bits per heavy atom. The second-order valence-electron chi connectivity index (χ2n) is 6.30. The lowest BCUT2D eigenvalue weighted by atomic mass is 10.0. The van der Waals surface area contributed by atoms with Crippen LogP contribution in [0.15, 0.2) is 16.4 Å². The molecule has 0 unspecified atom stereocenters. The predicted octanol–water partition coefficient (Wildman–Crippen LogP) is 1.29. The first-order valence-electron chi connectivity index (χ1n) is 7.97. The molecule has 3 aliphatic rings. The zero-order valence-electron chi connectivity index (χ0n) is 12.5. The van der Waals surface area contributed by atoms with Gasteiger partial charge in [-0.1, -0.05) is 6.08 Å². The highest BCUT2D eigenvalue weighted by Crippen LogP contribution is 2.37. The van der Waals surface area contributed by atoms with E-state index in [0.29, 0.717) is 19.0 Å². The molecule has 6 nitrogen and oxygen atoms in total. The van der Waals surface area contributed by atoms with E-state index in [1.165, 1.54) is 0 Å². The van der Waals surface area contributed by atoms with Crippen molar-refractivity contribution in [1.29, 1.82) is 0 Å². The Labute approximate surface area is 133 Å². The largest absolute Gasteiger partial charge is 0.343 e. The van der Waals surface area contributed by atoms with Gasteiger partial charge in [0.05, 0.1) is 6.04 Å². The third-order valence-electron chi connectivity index (χ3n) is 4.70. The minimum absolute atomic E-state index is 0.0958. The molecule has 0 atom stereocenters. The van der Waals surface area contributed by atoms with Crippen LogP contribution in [0.4, 0.5) is 0 Å². The highest BCUT2D eigenvalue weighted by Gasteiger charge is 2.31. The number of carbonyl (C=O) groups is 1. The summed E-state index contributed by atoms with van der Waals surface area (Å²) in [4.78, 5) is 29.2. The molecule has 2 fully saturated rings. The molecule has 1 saturated heterocycles. The maximum absolute atomic E-state index is 12.4. The Morgan fingerprint density at radius 3 is 2.68 bits per heavy atom.